The van der Waals surface area contributed by atoms with Crippen LogP contribution in [-0.2, 0) is 11.0 Å². The molecular weight excluding hydrogens is 347 g/mol. The van der Waals surface area contributed by atoms with E-state index in [1.54, 1.807) is 0 Å². The van der Waals surface area contributed by atoms with Gasteiger partial charge < -0.3 is 0 Å². The predicted octanol–water partition coefficient (Wildman–Crippen LogP) is 3.22. The number of nitrogens with zero attached hydrogens (tertiary/aromatic N) is 4. The molecular formula is C13H12F3N5O2S. The van der Waals surface area contributed by atoms with Crippen LogP contribution in [-0.4, -0.2) is 26.7 Å². The molecule has 0 saturated heterocycles. The highest BCUT2D eigenvalue weighted by Crippen LogP contribution is 2.35. The van der Waals surface area contributed by atoms with Crippen molar-refractivity contribution in [1.82, 2.24) is 19.5 Å². The van der Waals surface area contributed by atoms with E-state index in [4.69, 9.17) is 0 Å². The molecule has 7 nitrogen and oxygen atoms in total. The van der Waals surface area contributed by atoms with Crippen LogP contribution < -0.4 is 4.72 Å². The summed E-state index contributed by atoms with van der Waals surface area (Å²) in [6.45, 7) is 2.86. The molecule has 0 aliphatic heterocycles. The first kappa shape index (κ1) is 17.8. The van der Waals surface area contributed by atoms with Gasteiger partial charge in [0.2, 0.25) is 0 Å². The van der Waals surface area contributed by atoms with E-state index in [0.717, 1.165) is 6.07 Å². The summed E-state index contributed by atoms with van der Waals surface area (Å²) in [4.78, 5) is 20.1. The average Bonchev–Trinajstić information content (AvgIpc) is 3.05. The molecule has 1 aromatic carbocycles. The van der Waals surface area contributed by atoms with Crippen molar-refractivity contribution in [2.75, 3.05) is 0 Å². The first-order valence-electron chi connectivity index (χ1n) is 6.49. The summed E-state index contributed by atoms with van der Waals surface area (Å²) in [6.07, 6.45) is -2.75. The Morgan fingerprint density at radius 3 is 2.79 bits per heavy atom. The number of oxime groups is 1. The number of nitrogens with one attached hydrogen (secondary N) is 1. The van der Waals surface area contributed by atoms with Crippen LogP contribution in [0.25, 0.3) is 0 Å². The molecule has 24 heavy (non-hydrogen) atoms. The Kier molecular flexibility index (Phi) is 5.44. The summed E-state index contributed by atoms with van der Waals surface area (Å²) in [6, 6.07) is 3.70. The smallest absolute Gasteiger partial charge is 0.296 e. The summed E-state index contributed by atoms with van der Waals surface area (Å²) in [5, 5.41) is 7.31. The van der Waals surface area contributed by atoms with Crippen molar-refractivity contribution in [3.05, 3.63) is 42.0 Å². The minimum atomic E-state index is -4.46. The Morgan fingerprint density at radius 2 is 2.17 bits per heavy atom. The zero-order valence-electron chi connectivity index (χ0n) is 12.5. The Labute approximate surface area is 139 Å². The molecule has 0 radical (unpaired) electrons. The zero-order valence-corrected chi connectivity index (χ0v) is 13.4. The Morgan fingerprint density at radius 1 is 1.42 bits per heavy atom. The fourth-order valence-electron chi connectivity index (χ4n) is 1.67. The number of amides is 1. The van der Waals surface area contributed by atoms with Crippen molar-refractivity contribution in [1.29, 1.82) is 0 Å². The normalized spacial score (nSPS) is 12.1. The van der Waals surface area contributed by atoms with Gasteiger partial charge in [-0.05, 0) is 43.5 Å². The van der Waals surface area contributed by atoms with E-state index in [9.17, 15) is 18.0 Å². The number of carbonyl (C=O) groups is 1. The second-order valence-corrected chi connectivity index (χ2v) is 5.34. The van der Waals surface area contributed by atoms with Gasteiger partial charge in [0.05, 0.1) is 5.56 Å². The average molecular weight is 359 g/mol. The lowest BCUT2D eigenvalue weighted by Gasteiger charge is -2.13. The molecule has 1 heterocycles. The Hall–Kier alpha value is -2.56. The molecule has 11 heteroatoms. The number of halogens is 3. The van der Waals surface area contributed by atoms with Crippen LogP contribution in [0.15, 0.2) is 40.9 Å². The van der Waals surface area contributed by atoms with Gasteiger partial charge in [0.1, 0.15) is 12.7 Å². The molecule has 1 amide bonds. The molecule has 0 spiro atoms. The molecule has 1 aromatic heterocycles. The van der Waals surface area contributed by atoms with Gasteiger partial charge in [-0.3, -0.25) is 9.56 Å². The van der Waals surface area contributed by atoms with Crippen molar-refractivity contribution >= 4 is 23.9 Å². The van der Waals surface area contributed by atoms with E-state index in [1.165, 1.54) is 43.3 Å². The summed E-state index contributed by atoms with van der Waals surface area (Å²) in [5.41, 5.74) is -0.750. The number of alkyl halides is 3. The minimum Gasteiger partial charge on any atom is -0.296 e. The topological polar surface area (TPSA) is 81.4 Å². The molecule has 0 unspecified atom stereocenters. The zero-order chi connectivity index (χ0) is 17.7. The van der Waals surface area contributed by atoms with Crippen LogP contribution >= 0.6 is 11.9 Å². The summed E-state index contributed by atoms with van der Waals surface area (Å²) in [5.74, 6) is 0.253. The molecule has 0 atom stereocenters. The third kappa shape index (κ3) is 4.47. The van der Waals surface area contributed by atoms with Crippen molar-refractivity contribution in [3.8, 4) is 0 Å². The number of rotatable bonds is 3. The highest BCUT2D eigenvalue weighted by atomic mass is 32.2. The monoisotopic (exact) mass is 359 g/mol. The van der Waals surface area contributed by atoms with Gasteiger partial charge in [0.15, 0.2) is 5.84 Å². The standard InChI is InChI=1S/C13H12F3N5O2S/c1-8-10(13(14,15)16)4-3-5-11(8)24-20-12(22)23-19-9(2)21-7-17-6-18-21/h3-7H,1-2H3,(H,20,22)/b19-9+. The van der Waals surface area contributed by atoms with Crippen LogP contribution in [0.5, 0.6) is 0 Å². The fourth-order valence-corrected chi connectivity index (χ4v) is 2.31. The first-order chi connectivity index (χ1) is 11.3. The lowest BCUT2D eigenvalue weighted by atomic mass is 10.1. The van der Waals surface area contributed by atoms with Crippen molar-refractivity contribution < 1.29 is 22.8 Å². The van der Waals surface area contributed by atoms with Crippen molar-refractivity contribution in [2.24, 2.45) is 5.16 Å². The second-order valence-electron chi connectivity index (χ2n) is 4.49. The van der Waals surface area contributed by atoms with E-state index in [1.807, 2.05) is 0 Å². The third-order valence-corrected chi connectivity index (χ3v) is 3.78. The largest absolute Gasteiger partial charge is 0.443 e. The molecule has 0 saturated carbocycles. The summed E-state index contributed by atoms with van der Waals surface area (Å²) < 4.78 is 42.0. The van der Waals surface area contributed by atoms with E-state index in [-0.39, 0.29) is 16.3 Å². The van der Waals surface area contributed by atoms with Crippen LogP contribution in [0.1, 0.15) is 18.1 Å². The third-order valence-electron chi connectivity index (χ3n) is 2.84. The maximum atomic E-state index is 12.8. The van der Waals surface area contributed by atoms with Gasteiger partial charge in [0.25, 0.3) is 0 Å². The molecule has 2 rings (SSSR count). The maximum absolute atomic E-state index is 12.8. The van der Waals surface area contributed by atoms with Gasteiger partial charge in [-0.15, -0.1) is 0 Å². The number of hydrogen-bond donors (Lipinski definition) is 1. The number of carbonyl (C=O) groups excluding carboxylic acids is 1. The molecule has 0 aliphatic rings. The van der Waals surface area contributed by atoms with Crippen LogP contribution in [0, 0.1) is 6.92 Å². The van der Waals surface area contributed by atoms with Crippen molar-refractivity contribution in [3.63, 3.8) is 0 Å². The summed E-state index contributed by atoms with van der Waals surface area (Å²) >= 11 is 0.706. The molecule has 1 N–H and O–H groups in total. The summed E-state index contributed by atoms with van der Waals surface area (Å²) in [7, 11) is 0. The lowest BCUT2D eigenvalue weighted by molar-refractivity contribution is -0.138. The molecule has 2 aromatic rings. The van der Waals surface area contributed by atoms with Gasteiger partial charge in [-0.25, -0.2) is 14.5 Å². The molecule has 0 bridgehead atoms. The SMILES string of the molecule is C/C(=N\OC(=O)NSc1cccc(C(F)(F)F)c1C)n1cncn1. The number of hydrogen-bond acceptors (Lipinski definition) is 6. The van der Waals surface area contributed by atoms with Crippen LogP contribution in [0.4, 0.5) is 18.0 Å². The minimum absolute atomic E-state index is 0.0117. The predicted molar refractivity (Wildman–Crippen MR) is 80.2 cm³/mol. The molecule has 0 fully saturated rings. The van der Waals surface area contributed by atoms with Gasteiger partial charge in [-0.2, -0.15) is 18.3 Å². The van der Waals surface area contributed by atoms with Gasteiger partial charge in [0, 0.05) is 4.90 Å². The Bertz CT molecular complexity index is 747. The Balaban J connectivity index is 1.96. The fraction of sp³-hybridized carbons (Fsp3) is 0.231. The molecule has 0 aliphatic carbocycles. The van der Waals surface area contributed by atoms with E-state index < -0.39 is 17.8 Å². The van der Waals surface area contributed by atoms with Crippen molar-refractivity contribution in [2.45, 2.75) is 24.9 Å². The van der Waals surface area contributed by atoms with Crippen LogP contribution in [0.3, 0.4) is 0 Å². The first-order valence-corrected chi connectivity index (χ1v) is 7.31. The number of aromatic nitrogens is 3. The maximum Gasteiger partial charge on any atom is 0.443 e. The van der Waals surface area contributed by atoms with Crippen LogP contribution in [0.2, 0.25) is 0 Å². The van der Waals surface area contributed by atoms with E-state index >= 15 is 0 Å². The van der Waals surface area contributed by atoms with E-state index in [2.05, 4.69) is 24.8 Å². The quantitative estimate of drug-likeness (QED) is 0.299. The van der Waals surface area contributed by atoms with Gasteiger partial charge in [-0.1, -0.05) is 11.2 Å². The molecule has 128 valence electrons. The second kappa shape index (κ2) is 7.34. The van der Waals surface area contributed by atoms with E-state index in [0.29, 0.717) is 11.9 Å². The number of benzene rings is 1. The lowest BCUT2D eigenvalue weighted by Crippen LogP contribution is -2.17. The van der Waals surface area contributed by atoms with Gasteiger partial charge >= 0.3 is 12.3 Å². The highest BCUT2D eigenvalue weighted by Gasteiger charge is 2.32. The highest BCUT2D eigenvalue weighted by molar-refractivity contribution is 7.98.